The molecule has 1 saturated heterocycles. The SMILES string of the molecule is CCC(=O)C1(C)Cc2cc([N+](=O)[O-])c(N3CCOCC3)cc2O1. The van der Waals surface area contributed by atoms with Crippen molar-refractivity contribution < 1.29 is 19.2 Å². The van der Waals surface area contributed by atoms with Crippen LogP contribution in [0.25, 0.3) is 0 Å². The van der Waals surface area contributed by atoms with Gasteiger partial charge in [0.15, 0.2) is 11.4 Å². The third kappa shape index (κ3) is 2.76. The van der Waals surface area contributed by atoms with Gasteiger partial charge in [-0.2, -0.15) is 0 Å². The highest BCUT2D eigenvalue weighted by atomic mass is 16.6. The van der Waals surface area contributed by atoms with Crippen molar-refractivity contribution in [2.24, 2.45) is 0 Å². The Hall–Kier alpha value is -2.15. The second kappa shape index (κ2) is 5.81. The highest BCUT2D eigenvalue weighted by molar-refractivity contribution is 5.88. The van der Waals surface area contributed by atoms with Crippen molar-refractivity contribution in [3.63, 3.8) is 0 Å². The molecule has 0 aliphatic carbocycles. The molecule has 0 aromatic heterocycles. The summed E-state index contributed by atoms with van der Waals surface area (Å²) in [6.45, 7) is 5.83. The Bertz CT molecular complexity index is 654. The van der Waals surface area contributed by atoms with Crippen LogP contribution in [0.1, 0.15) is 25.8 Å². The van der Waals surface area contributed by atoms with Crippen molar-refractivity contribution in [2.45, 2.75) is 32.3 Å². The van der Waals surface area contributed by atoms with Crippen LogP contribution in [0.4, 0.5) is 11.4 Å². The number of nitro groups is 1. The van der Waals surface area contributed by atoms with Gasteiger partial charge in [0.25, 0.3) is 5.69 Å². The van der Waals surface area contributed by atoms with Crippen LogP contribution in [0.5, 0.6) is 5.75 Å². The molecule has 23 heavy (non-hydrogen) atoms. The molecule has 1 atom stereocenters. The zero-order valence-electron chi connectivity index (χ0n) is 13.3. The number of hydrogen-bond acceptors (Lipinski definition) is 6. The summed E-state index contributed by atoms with van der Waals surface area (Å²) in [6, 6.07) is 3.25. The Morgan fingerprint density at radius 3 is 2.70 bits per heavy atom. The number of carbonyl (C=O) groups is 1. The number of morpholine rings is 1. The number of carbonyl (C=O) groups excluding carboxylic acids is 1. The first-order chi connectivity index (χ1) is 10.9. The molecular formula is C16H20N2O5. The summed E-state index contributed by atoms with van der Waals surface area (Å²) in [5, 5.41) is 11.5. The summed E-state index contributed by atoms with van der Waals surface area (Å²) < 4.78 is 11.2. The summed E-state index contributed by atoms with van der Waals surface area (Å²) in [5.41, 5.74) is 0.389. The first-order valence-corrected chi connectivity index (χ1v) is 7.81. The molecule has 3 rings (SSSR count). The Morgan fingerprint density at radius 1 is 1.39 bits per heavy atom. The van der Waals surface area contributed by atoms with Gasteiger partial charge in [-0.3, -0.25) is 14.9 Å². The minimum absolute atomic E-state index is 0.00396. The molecule has 7 nitrogen and oxygen atoms in total. The lowest BCUT2D eigenvalue weighted by molar-refractivity contribution is -0.384. The number of fused-ring (bicyclic) bond motifs is 1. The van der Waals surface area contributed by atoms with E-state index in [9.17, 15) is 14.9 Å². The molecular weight excluding hydrogens is 300 g/mol. The summed E-state index contributed by atoms with van der Waals surface area (Å²) in [5.74, 6) is 0.575. The molecule has 0 N–H and O–H groups in total. The maximum Gasteiger partial charge on any atom is 0.293 e. The van der Waals surface area contributed by atoms with E-state index in [0.717, 1.165) is 5.56 Å². The molecule has 1 aromatic rings. The third-order valence-corrected chi connectivity index (χ3v) is 4.48. The number of nitrogens with zero attached hydrogens (tertiary/aromatic N) is 2. The quantitative estimate of drug-likeness (QED) is 0.624. The second-order valence-electron chi connectivity index (χ2n) is 6.09. The van der Waals surface area contributed by atoms with Crippen molar-refractivity contribution in [2.75, 3.05) is 31.2 Å². The van der Waals surface area contributed by atoms with Gasteiger partial charge in [-0.15, -0.1) is 0 Å². The van der Waals surface area contributed by atoms with Crippen molar-refractivity contribution in [3.05, 3.63) is 27.8 Å². The average molecular weight is 320 g/mol. The standard InChI is InChI=1S/C16H20N2O5/c1-3-15(19)16(2)10-11-8-13(18(20)21)12(9-14(11)23-16)17-4-6-22-7-5-17/h8-9H,3-7,10H2,1-2H3. The minimum Gasteiger partial charge on any atom is -0.479 e. The van der Waals surface area contributed by atoms with E-state index in [2.05, 4.69) is 0 Å². The maximum atomic E-state index is 12.1. The van der Waals surface area contributed by atoms with Gasteiger partial charge in [-0.1, -0.05) is 6.92 Å². The zero-order valence-corrected chi connectivity index (χ0v) is 13.3. The molecule has 124 valence electrons. The first kappa shape index (κ1) is 15.7. The van der Waals surface area contributed by atoms with E-state index in [1.165, 1.54) is 0 Å². The van der Waals surface area contributed by atoms with Gasteiger partial charge in [0.05, 0.1) is 18.1 Å². The van der Waals surface area contributed by atoms with Crippen molar-refractivity contribution >= 4 is 17.2 Å². The first-order valence-electron chi connectivity index (χ1n) is 7.81. The molecule has 0 spiro atoms. The number of hydrogen-bond donors (Lipinski definition) is 0. The molecule has 2 aliphatic rings. The monoisotopic (exact) mass is 320 g/mol. The number of nitro benzene ring substituents is 1. The highest BCUT2D eigenvalue weighted by Gasteiger charge is 2.42. The van der Waals surface area contributed by atoms with Gasteiger partial charge in [-0.05, 0) is 6.92 Å². The lowest BCUT2D eigenvalue weighted by Gasteiger charge is -2.28. The van der Waals surface area contributed by atoms with Crippen LogP contribution in [-0.2, 0) is 16.0 Å². The van der Waals surface area contributed by atoms with Crippen LogP contribution in [-0.4, -0.2) is 42.6 Å². The Morgan fingerprint density at radius 2 is 2.09 bits per heavy atom. The smallest absolute Gasteiger partial charge is 0.293 e. The fraction of sp³-hybridized carbons (Fsp3) is 0.562. The molecule has 0 bridgehead atoms. The fourth-order valence-corrected chi connectivity index (χ4v) is 3.21. The van der Waals surface area contributed by atoms with Gasteiger partial charge >= 0.3 is 0 Å². The molecule has 2 heterocycles. The van der Waals surface area contributed by atoms with E-state index >= 15 is 0 Å². The summed E-state index contributed by atoms with van der Waals surface area (Å²) in [7, 11) is 0. The number of Topliss-reactive ketones (excluding diaryl/α,β-unsaturated/α-hetero) is 1. The molecule has 1 fully saturated rings. The molecule has 1 aromatic carbocycles. The number of benzene rings is 1. The lowest BCUT2D eigenvalue weighted by atomic mass is 9.93. The topological polar surface area (TPSA) is 81.9 Å². The maximum absolute atomic E-state index is 12.1. The largest absolute Gasteiger partial charge is 0.479 e. The van der Waals surface area contributed by atoms with Crippen LogP contribution in [0, 0.1) is 10.1 Å². The van der Waals surface area contributed by atoms with E-state index in [4.69, 9.17) is 9.47 Å². The molecule has 2 aliphatic heterocycles. The van der Waals surface area contributed by atoms with E-state index in [1.54, 1.807) is 26.0 Å². The molecule has 0 radical (unpaired) electrons. The van der Waals surface area contributed by atoms with Crippen LogP contribution in [0.3, 0.4) is 0 Å². The Balaban J connectivity index is 1.99. The Labute approximate surface area is 134 Å². The third-order valence-electron chi connectivity index (χ3n) is 4.48. The lowest BCUT2D eigenvalue weighted by Crippen LogP contribution is -2.39. The zero-order chi connectivity index (χ0) is 16.6. The van der Waals surface area contributed by atoms with Crippen molar-refractivity contribution in [3.8, 4) is 5.75 Å². The van der Waals surface area contributed by atoms with Crippen LogP contribution < -0.4 is 9.64 Å². The molecule has 0 amide bonds. The van der Waals surface area contributed by atoms with E-state index in [-0.39, 0.29) is 16.4 Å². The normalized spacial score (nSPS) is 23.3. The van der Waals surface area contributed by atoms with E-state index in [1.807, 2.05) is 4.90 Å². The minimum atomic E-state index is -0.922. The number of anilines is 1. The summed E-state index contributed by atoms with van der Waals surface area (Å²) in [6.07, 6.45) is 0.752. The molecule has 7 heteroatoms. The fourth-order valence-electron chi connectivity index (χ4n) is 3.21. The summed E-state index contributed by atoms with van der Waals surface area (Å²) in [4.78, 5) is 25.1. The molecule has 0 saturated carbocycles. The average Bonchev–Trinajstić information content (AvgIpc) is 2.90. The van der Waals surface area contributed by atoms with Crippen molar-refractivity contribution in [1.29, 1.82) is 0 Å². The van der Waals surface area contributed by atoms with Crippen LogP contribution >= 0.6 is 0 Å². The number of rotatable bonds is 4. The van der Waals surface area contributed by atoms with Crippen molar-refractivity contribution in [1.82, 2.24) is 0 Å². The second-order valence-corrected chi connectivity index (χ2v) is 6.09. The van der Waals surface area contributed by atoms with Gasteiger partial charge < -0.3 is 14.4 Å². The van der Waals surface area contributed by atoms with E-state index in [0.29, 0.717) is 50.6 Å². The van der Waals surface area contributed by atoms with Gasteiger partial charge in [0, 0.05) is 43.6 Å². The van der Waals surface area contributed by atoms with Gasteiger partial charge in [0.2, 0.25) is 0 Å². The molecule has 1 unspecified atom stereocenters. The Kier molecular flexibility index (Phi) is 3.97. The predicted molar refractivity (Wildman–Crippen MR) is 84.2 cm³/mol. The van der Waals surface area contributed by atoms with Crippen LogP contribution in [0.2, 0.25) is 0 Å². The highest BCUT2D eigenvalue weighted by Crippen LogP contribution is 2.43. The number of ether oxygens (including phenoxy) is 2. The van der Waals surface area contributed by atoms with Gasteiger partial charge in [0.1, 0.15) is 11.4 Å². The summed E-state index contributed by atoms with van der Waals surface area (Å²) >= 11 is 0. The number of ketones is 1. The predicted octanol–water partition coefficient (Wildman–Crippen LogP) is 2.10. The van der Waals surface area contributed by atoms with E-state index < -0.39 is 5.60 Å². The van der Waals surface area contributed by atoms with Gasteiger partial charge in [-0.25, -0.2) is 0 Å². The van der Waals surface area contributed by atoms with Crippen LogP contribution in [0.15, 0.2) is 12.1 Å².